The van der Waals surface area contributed by atoms with Crippen molar-refractivity contribution >= 4 is 23.6 Å². The van der Waals surface area contributed by atoms with Gasteiger partial charge in [0.2, 0.25) is 11.8 Å². The molecule has 1 heterocycles. The highest BCUT2D eigenvalue weighted by Gasteiger charge is 2.40. The quantitative estimate of drug-likeness (QED) is 0.807. The van der Waals surface area contributed by atoms with Gasteiger partial charge in [-0.3, -0.25) is 9.59 Å². The Balaban J connectivity index is 2.95. The molecule has 98 valence electrons. The van der Waals surface area contributed by atoms with Crippen LogP contribution in [0.4, 0.5) is 0 Å². The highest BCUT2D eigenvalue weighted by Crippen LogP contribution is 2.20. The van der Waals surface area contributed by atoms with E-state index in [1.807, 2.05) is 13.2 Å². The Labute approximate surface area is 108 Å². The molecule has 5 heteroatoms. The number of carbonyl (C=O) groups excluding carboxylic acids is 2. The number of hydrogen-bond donors (Lipinski definition) is 1. The molecule has 4 nitrogen and oxygen atoms in total. The van der Waals surface area contributed by atoms with E-state index in [-0.39, 0.29) is 29.9 Å². The van der Waals surface area contributed by atoms with Gasteiger partial charge in [0.25, 0.3) is 0 Å². The van der Waals surface area contributed by atoms with Crippen LogP contribution in [0.15, 0.2) is 0 Å². The van der Waals surface area contributed by atoms with Gasteiger partial charge >= 0.3 is 0 Å². The van der Waals surface area contributed by atoms with Crippen LogP contribution in [0.1, 0.15) is 33.6 Å². The molecule has 1 rings (SSSR count). The fourth-order valence-corrected chi connectivity index (χ4v) is 3.06. The Kier molecular flexibility index (Phi) is 5.31. The van der Waals surface area contributed by atoms with E-state index >= 15 is 0 Å². The minimum Gasteiger partial charge on any atom is -0.343 e. The first-order valence-corrected chi connectivity index (χ1v) is 7.57. The first-order valence-electron chi connectivity index (χ1n) is 6.18. The number of rotatable bonds is 5. The van der Waals surface area contributed by atoms with Crippen molar-refractivity contribution < 1.29 is 9.59 Å². The molecule has 1 N–H and O–H groups in total. The maximum atomic E-state index is 12.2. The number of piperazine rings is 1. The monoisotopic (exact) mass is 258 g/mol. The zero-order valence-electron chi connectivity index (χ0n) is 11.0. The Morgan fingerprint density at radius 3 is 2.53 bits per heavy atom. The van der Waals surface area contributed by atoms with E-state index < -0.39 is 0 Å². The fourth-order valence-electron chi connectivity index (χ4n) is 2.28. The topological polar surface area (TPSA) is 49.4 Å². The largest absolute Gasteiger partial charge is 0.343 e. The zero-order chi connectivity index (χ0) is 13.0. The van der Waals surface area contributed by atoms with Gasteiger partial charge in [0.1, 0.15) is 12.1 Å². The summed E-state index contributed by atoms with van der Waals surface area (Å²) in [4.78, 5) is 25.9. The number of hydrogen-bond acceptors (Lipinski definition) is 3. The van der Waals surface area contributed by atoms with Crippen LogP contribution in [0.2, 0.25) is 0 Å². The maximum Gasteiger partial charge on any atom is 0.245 e. The molecule has 0 bridgehead atoms. The molecule has 0 radical (unpaired) electrons. The predicted molar refractivity (Wildman–Crippen MR) is 71.0 cm³/mol. The van der Waals surface area contributed by atoms with Gasteiger partial charge in [-0.15, -0.1) is 0 Å². The molecular weight excluding hydrogens is 236 g/mol. The van der Waals surface area contributed by atoms with Gasteiger partial charge in [-0.2, -0.15) is 11.8 Å². The van der Waals surface area contributed by atoms with Gasteiger partial charge < -0.3 is 10.2 Å². The number of thioether (sulfide) groups is 1. The SMILES string of the molecule is CCC(CSC)N1C(=O)C(C)NC(=O)C1CC. The molecule has 1 aliphatic rings. The van der Waals surface area contributed by atoms with Crippen LogP contribution in [0.5, 0.6) is 0 Å². The van der Waals surface area contributed by atoms with Crippen molar-refractivity contribution in [2.45, 2.75) is 51.7 Å². The third-order valence-electron chi connectivity index (χ3n) is 3.23. The molecule has 3 unspecified atom stereocenters. The molecule has 0 aromatic rings. The second-order valence-corrected chi connectivity index (χ2v) is 5.33. The van der Waals surface area contributed by atoms with E-state index in [2.05, 4.69) is 12.2 Å². The summed E-state index contributed by atoms with van der Waals surface area (Å²) < 4.78 is 0. The van der Waals surface area contributed by atoms with Gasteiger partial charge in [-0.05, 0) is 26.0 Å². The minimum absolute atomic E-state index is 0.0147. The van der Waals surface area contributed by atoms with E-state index in [1.54, 1.807) is 23.6 Å². The normalized spacial score (nSPS) is 26.9. The van der Waals surface area contributed by atoms with E-state index in [1.165, 1.54) is 0 Å². The summed E-state index contributed by atoms with van der Waals surface area (Å²) in [5, 5.41) is 2.74. The summed E-state index contributed by atoms with van der Waals surface area (Å²) in [7, 11) is 0. The lowest BCUT2D eigenvalue weighted by atomic mass is 10.0. The second kappa shape index (κ2) is 6.28. The van der Waals surface area contributed by atoms with Crippen molar-refractivity contribution in [3.8, 4) is 0 Å². The maximum absolute atomic E-state index is 12.2. The fraction of sp³-hybridized carbons (Fsp3) is 0.833. The van der Waals surface area contributed by atoms with Gasteiger partial charge in [0, 0.05) is 11.8 Å². The molecule has 0 saturated carbocycles. The summed E-state index contributed by atoms with van der Waals surface area (Å²) in [5.74, 6) is 0.926. The summed E-state index contributed by atoms with van der Waals surface area (Å²) in [5.41, 5.74) is 0. The van der Waals surface area contributed by atoms with Crippen LogP contribution in [-0.2, 0) is 9.59 Å². The molecule has 3 atom stereocenters. The molecule has 2 amide bonds. The highest BCUT2D eigenvalue weighted by molar-refractivity contribution is 7.98. The third kappa shape index (κ3) is 2.94. The molecule has 0 aromatic carbocycles. The van der Waals surface area contributed by atoms with E-state index in [4.69, 9.17) is 0 Å². The van der Waals surface area contributed by atoms with Gasteiger partial charge in [-0.1, -0.05) is 13.8 Å². The molecule has 17 heavy (non-hydrogen) atoms. The zero-order valence-corrected chi connectivity index (χ0v) is 11.8. The standard InChI is InChI=1S/C12H22N2O2S/c1-5-9(7-17-4)14-10(6-2)11(15)13-8(3)12(14)16/h8-10H,5-7H2,1-4H3,(H,13,15). The smallest absolute Gasteiger partial charge is 0.245 e. The molecule has 1 aliphatic heterocycles. The lowest BCUT2D eigenvalue weighted by Crippen LogP contribution is -2.65. The van der Waals surface area contributed by atoms with Crippen LogP contribution in [-0.4, -0.2) is 46.8 Å². The Morgan fingerprint density at radius 1 is 1.41 bits per heavy atom. The average Bonchev–Trinajstić information content (AvgIpc) is 2.31. The van der Waals surface area contributed by atoms with Crippen molar-refractivity contribution in [3.05, 3.63) is 0 Å². The van der Waals surface area contributed by atoms with E-state index in [9.17, 15) is 9.59 Å². The van der Waals surface area contributed by atoms with Crippen LogP contribution < -0.4 is 5.32 Å². The first kappa shape index (κ1) is 14.4. The van der Waals surface area contributed by atoms with Crippen LogP contribution in [0.3, 0.4) is 0 Å². The lowest BCUT2D eigenvalue weighted by Gasteiger charge is -2.42. The third-order valence-corrected chi connectivity index (χ3v) is 3.95. The van der Waals surface area contributed by atoms with Gasteiger partial charge in [0.15, 0.2) is 0 Å². The van der Waals surface area contributed by atoms with Crippen molar-refractivity contribution in [2.75, 3.05) is 12.0 Å². The number of nitrogens with one attached hydrogen (secondary N) is 1. The summed E-state index contributed by atoms with van der Waals surface area (Å²) in [6.07, 6.45) is 3.60. The molecule has 0 aromatic heterocycles. The number of amides is 2. The van der Waals surface area contributed by atoms with Crippen LogP contribution >= 0.6 is 11.8 Å². The van der Waals surface area contributed by atoms with Crippen molar-refractivity contribution in [1.82, 2.24) is 10.2 Å². The summed E-state index contributed by atoms with van der Waals surface area (Å²) in [6, 6.07) is -0.520. The molecule has 1 saturated heterocycles. The van der Waals surface area contributed by atoms with E-state index in [0.29, 0.717) is 6.42 Å². The van der Waals surface area contributed by atoms with Crippen LogP contribution in [0.25, 0.3) is 0 Å². The Hall–Kier alpha value is -0.710. The van der Waals surface area contributed by atoms with Gasteiger partial charge in [0.05, 0.1) is 0 Å². The van der Waals surface area contributed by atoms with E-state index in [0.717, 1.165) is 12.2 Å². The predicted octanol–water partition coefficient (Wildman–Crippen LogP) is 1.25. The Bertz CT molecular complexity index is 296. The van der Waals surface area contributed by atoms with Crippen molar-refractivity contribution in [2.24, 2.45) is 0 Å². The number of nitrogens with zero attached hydrogens (tertiary/aromatic N) is 1. The van der Waals surface area contributed by atoms with Crippen LogP contribution in [0, 0.1) is 0 Å². The highest BCUT2D eigenvalue weighted by atomic mass is 32.2. The molecule has 0 spiro atoms. The minimum atomic E-state index is -0.388. The Morgan fingerprint density at radius 2 is 2.06 bits per heavy atom. The van der Waals surface area contributed by atoms with Gasteiger partial charge in [-0.25, -0.2) is 0 Å². The average molecular weight is 258 g/mol. The summed E-state index contributed by atoms with van der Waals surface area (Å²) >= 11 is 1.72. The van der Waals surface area contributed by atoms with Crippen molar-refractivity contribution in [3.63, 3.8) is 0 Å². The first-order chi connectivity index (χ1) is 8.06. The molecule has 1 fully saturated rings. The molecular formula is C12H22N2O2S. The second-order valence-electron chi connectivity index (χ2n) is 4.42. The number of carbonyl (C=O) groups is 2. The lowest BCUT2D eigenvalue weighted by molar-refractivity contribution is -0.151. The summed E-state index contributed by atoms with van der Waals surface area (Å²) in [6.45, 7) is 5.77. The van der Waals surface area contributed by atoms with Crippen molar-refractivity contribution in [1.29, 1.82) is 0 Å². The molecule has 0 aliphatic carbocycles.